The van der Waals surface area contributed by atoms with E-state index in [1.54, 1.807) is 31.2 Å². The van der Waals surface area contributed by atoms with E-state index in [1.165, 1.54) is 9.80 Å². The molecule has 1 N–H and O–H groups in total. The Kier molecular flexibility index (Phi) is 5.50. The first-order chi connectivity index (χ1) is 15.2. The zero-order valence-corrected chi connectivity index (χ0v) is 18.8. The van der Waals surface area contributed by atoms with Crippen LogP contribution in [0.4, 0.5) is 10.5 Å². The number of imide groups is 1. The molecule has 0 aliphatic carbocycles. The molecule has 7 nitrogen and oxygen atoms in total. The molecule has 166 valence electrons. The Balaban J connectivity index is 1.75. The van der Waals surface area contributed by atoms with Crippen LogP contribution in [-0.4, -0.2) is 40.9 Å². The number of carbonyl (C=O) groups excluding carboxylic acids is 3. The fraction of sp³-hybridized carbons (Fsp3) is 0.320. The van der Waals surface area contributed by atoms with E-state index in [9.17, 15) is 14.4 Å². The largest absolute Gasteiger partial charge is 0.461 e. The number of amides is 3. The number of H-pyrrole nitrogens is 1. The molecule has 3 aromatic rings. The smallest absolute Gasteiger partial charge is 0.355 e. The molecular weight excluding hydrogens is 406 g/mol. The number of nitrogens with one attached hydrogen (secondary N) is 1. The molecule has 1 aliphatic heterocycles. The van der Waals surface area contributed by atoms with Crippen molar-refractivity contribution in [2.45, 2.75) is 39.7 Å². The number of ether oxygens (including phenoxy) is 1. The van der Waals surface area contributed by atoms with Gasteiger partial charge in [-0.25, -0.2) is 14.5 Å². The molecule has 0 unspecified atom stereocenters. The lowest BCUT2D eigenvalue weighted by atomic mass is 9.86. The summed E-state index contributed by atoms with van der Waals surface area (Å²) in [6.45, 7) is 8.41. The van der Waals surface area contributed by atoms with Crippen molar-refractivity contribution in [3.63, 3.8) is 0 Å². The van der Waals surface area contributed by atoms with E-state index >= 15 is 0 Å². The Morgan fingerprint density at radius 2 is 1.81 bits per heavy atom. The van der Waals surface area contributed by atoms with Crippen LogP contribution < -0.4 is 4.90 Å². The Labute approximate surface area is 187 Å². The molecule has 2 heterocycles. The summed E-state index contributed by atoms with van der Waals surface area (Å²) in [5, 5.41) is 0.846. The van der Waals surface area contributed by atoms with Gasteiger partial charge in [-0.2, -0.15) is 0 Å². The number of esters is 1. The second-order valence-corrected chi connectivity index (χ2v) is 8.91. The number of benzene rings is 2. The van der Waals surface area contributed by atoms with Crippen LogP contribution in [0.1, 0.15) is 49.3 Å². The highest BCUT2D eigenvalue weighted by Gasteiger charge is 2.38. The van der Waals surface area contributed by atoms with Crippen molar-refractivity contribution >= 4 is 34.5 Å². The van der Waals surface area contributed by atoms with Crippen molar-refractivity contribution in [2.24, 2.45) is 0 Å². The molecule has 0 spiro atoms. The van der Waals surface area contributed by atoms with Gasteiger partial charge < -0.3 is 14.6 Å². The normalized spacial score (nSPS) is 14.5. The third kappa shape index (κ3) is 3.86. The number of fused-ring (bicyclic) bond motifs is 1. The maximum Gasteiger partial charge on any atom is 0.355 e. The molecule has 1 aliphatic rings. The van der Waals surface area contributed by atoms with Crippen molar-refractivity contribution in [1.29, 1.82) is 0 Å². The van der Waals surface area contributed by atoms with Crippen LogP contribution >= 0.6 is 0 Å². The predicted octanol–water partition coefficient (Wildman–Crippen LogP) is 4.61. The molecule has 7 heteroatoms. The van der Waals surface area contributed by atoms with Gasteiger partial charge in [0, 0.05) is 16.5 Å². The molecule has 1 aromatic heterocycles. The second-order valence-electron chi connectivity index (χ2n) is 8.91. The predicted molar refractivity (Wildman–Crippen MR) is 123 cm³/mol. The highest BCUT2D eigenvalue weighted by Crippen LogP contribution is 2.32. The fourth-order valence-electron chi connectivity index (χ4n) is 3.95. The van der Waals surface area contributed by atoms with Gasteiger partial charge in [0.05, 0.1) is 18.8 Å². The average molecular weight is 434 g/mol. The van der Waals surface area contributed by atoms with E-state index in [0.717, 1.165) is 16.5 Å². The van der Waals surface area contributed by atoms with Gasteiger partial charge in [0.15, 0.2) is 0 Å². The molecule has 32 heavy (non-hydrogen) atoms. The molecule has 0 atom stereocenters. The van der Waals surface area contributed by atoms with E-state index in [1.807, 2.05) is 24.3 Å². The number of aromatic amines is 1. The maximum absolute atomic E-state index is 13.1. The summed E-state index contributed by atoms with van der Waals surface area (Å²) in [6.07, 6.45) is 0. The van der Waals surface area contributed by atoms with E-state index in [2.05, 4.69) is 25.8 Å². The summed E-state index contributed by atoms with van der Waals surface area (Å²) in [5.41, 5.74) is 3.30. The van der Waals surface area contributed by atoms with Crippen molar-refractivity contribution in [3.05, 3.63) is 65.4 Å². The van der Waals surface area contributed by atoms with Crippen LogP contribution in [0.5, 0.6) is 0 Å². The first-order valence-corrected chi connectivity index (χ1v) is 10.7. The summed E-state index contributed by atoms with van der Waals surface area (Å²) in [6, 6.07) is 14.5. The third-order valence-electron chi connectivity index (χ3n) is 5.65. The minimum atomic E-state index is -0.478. The van der Waals surface area contributed by atoms with Gasteiger partial charge >= 0.3 is 12.0 Å². The van der Waals surface area contributed by atoms with Gasteiger partial charge in [-0.1, -0.05) is 45.0 Å². The highest BCUT2D eigenvalue weighted by atomic mass is 16.5. The number of anilines is 1. The van der Waals surface area contributed by atoms with Gasteiger partial charge in [0.2, 0.25) is 0 Å². The lowest BCUT2D eigenvalue weighted by Gasteiger charge is -2.20. The van der Waals surface area contributed by atoms with E-state index in [-0.39, 0.29) is 31.0 Å². The van der Waals surface area contributed by atoms with E-state index in [0.29, 0.717) is 16.9 Å². The summed E-state index contributed by atoms with van der Waals surface area (Å²) in [4.78, 5) is 44.3. The Hall–Kier alpha value is -3.61. The Morgan fingerprint density at radius 3 is 2.47 bits per heavy atom. The number of aromatic nitrogens is 1. The molecule has 0 radical (unpaired) electrons. The topological polar surface area (TPSA) is 82.7 Å². The second kappa shape index (κ2) is 8.15. The standard InChI is InChI=1S/C25H27N3O4/c1-5-32-23(30)22-19(18-13-16(25(2,3)4)11-12-20(18)26-22)14-27-15-21(29)28(24(27)31)17-9-7-6-8-10-17/h6-13,26H,5,14-15H2,1-4H3. The van der Waals surface area contributed by atoms with Crippen molar-refractivity contribution in [2.75, 3.05) is 18.1 Å². The van der Waals surface area contributed by atoms with Crippen LogP contribution in [0.3, 0.4) is 0 Å². The van der Waals surface area contributed by atoms with Crippen molar-refractivity contribution in [1.82, 2.24) is 9.88 Å². The zero-order valence-electron chi connectivity index (χ0n) is 18.8. The number of rotatable bonds is 5. The Bertz CT molecular complexity index is 1190. The minimum absolute atomic E-state index is 0.0539. The number of urea groups is 1. The number of para-hydroxylation sites is 1. The quantitative estimate of drug-likeness (QED) is 0.470. The minimum Gasteiger partial charge on any atom is -0.461 e. The van der Waals surface area contributed by atoms with E-state index < -0.39 is 12.0 Å². The monoisotopic (exact) mass is 433 g/mol. The summed E-state index contributed by atoms with van der Waals surface area (Å²) in [7, 11) is 0. The lowest BCUT2D eigenvalue weighted by molar-refractivity contribution is -0.116. The molecule has 3 amide bonds. The zero-order chi connectivity index (χ0) is 23.0. The van der Waals surface area contributed by atoms with E-state index in [4.69, 9.17) is 4.74 Å². The van der Waals surface area contributed by atoms with Crippen LogP contribution in [-0.2, 0) is 21.5 Å². The first-order valence-electron chi connectivity index (χ1n) is 10.7. The van der Waals surface area contributed by atoms with Crippen LogP contribution in [0.2, 0.25) is 0 Å². The number of hydrogen-bond donors (Lipinski definition) is 1. The molecule has 0 saturated carbocycles. The number of carbonyl (C=O) groups is 3. The average Bonchev–Trinajstić information content (AvgIpc) is 3.25. The number of nitrogens with zero attached hydrogens (tertiary/aromatic N) is 2. The molecule has 1 saturated heterocycles. The maximum atomic E-state index is 13.1. The molecule has 2 aromatic carbocycles. The summed E-state index contributed by atoms with van der Waals surface area (Å²) in [5.74, 6) is -0.775. The fourth-order valence-corrected chi connectivity index (χ4v) is 3.95. The van der Waals surface area contributed by atoms with Gasteiger partial charge in [-0.15, -0.1) is 0 Å². The third-order valence-corrected chi connectivity index (χ3v) is 5.65. The summed E-state index contributed by atoms with van der Waals surface area (Å²) >= 11 is 0. The van der Waals surface area contributed by atoms with Gasteiger partial charge in [0.25, 0.3) is 5.91 Å². The molecule has 1 fully saturated rings. The van der Waals surface area contributed by atoms with Gasteiger partial charge in [-0.3, -0.25) is 4.79 Å². The molecule has 0 bridgehead atoms. The first kappa shape index (κ1) is 21.6. The summed E-state index contributed by atoms with van der Waals surface area (Å²) < 4.78 is 5.25. The Morgan fingerprint density at radius 1 is 1.09 bits per heavy atom. The molecule has 4 rings (SSSR count). The van der Waals surface area contributed by atoms with Crippen LogP contribution in [0.15, 0.2) is 48.5 Å². The van der Waals surface area contributed by atoms with Crippen molar-refractivity contribution in [3.8, 4) is 0 Å². The number of hydrogen-bond acceptors (Lipinski definition) is 4. The van der Waals surface area contributed by atoms with Crippen molar-refractivity contribution < 1.29 is 19.1 Å². The van der Waals surface area contributed by atoms with Crippen LogP contribution in [0.25, 0.3) is 10.9 Å². The van der Waals surface area contributed by atoms with Crippen LogP contribution in [0, 0.1) is 0 Å². The lowest BCUT2D eigenvalue weighted by Crippen LogP contribution is -2.33. The SMILES string of the molecule is CCOC(=O)c1[nH]c2ccc(C(C)(C)C)cc2c1CN1CC(=O)N(c2ccccc2)C1=O. The van der Waals surface area contributed by atoms with Gasteiger partial charge in [-0.05, 0) is 42.2 Å². The highest BCUT2D eigenvalue weighted by molar-refractivity contribution is 6.19. The van der Waals surface area contributed by atoms with Gasteiger partial charge in [0.1, 0.15) is 12.2 Å². The molecular formula is C25H27N3O4.